The van der Waals surface area contributed by atoms with E-state index in [9.17, 15) is 14.7 Å². The maximum Gasteiger partial charge on any atom is 0.305 e. The van der Waals surface area contributed by atoms with Gasteiger partial charge < -0.3 is 25.0 Å². The summed E-state index contributed by atoms with van der Waals surface area (Å²) in [6.45, 7) is 7.01. The van der Waals surface area contributed by atoms with Crippen molar-refractivity contribution in [2.24, 2.45) is 0 Å². The molecular formula is C19H25N3O4S. The van der Waals surface area contributed by atoms with Crippen LogP contribution in [0, 0.1) is 0 Å². The molecule has 0 radical (unpaired) electrons. The second-order valence-corrected chi connectivity index (χ2v) is 7.52. The van der Waals surface area contributed by atoms with Gasteiger partial charge in [0.05, 0.1) is 4.70 Å². The standard InChI is InChI=1S/C19H25N3O4S/c1-2-16(24)22(14-6-11-26-12-7-14)10-9-20-8-5-13-3-4-15(23)17-18(13)27-19(25)21-17/h2-4,14,20,23H,1,5-12H2,(H,21,25). The van der Waals surface area contributed by atoms with E-state index in [1.807, 2.05) is 11.0 Å². The van der Waals surface area contributed by atoms with Crippen LogP contribution in [0.3, 0.4) is 0 Å². The number of phenols is 1. The van der Waals surface area contributed by atoms with Crippen molar-refractivity contribution >= 4 is 27.5 Å². The molecule has 7 nitrogen and oxygen atoms in total. The Morgan fingerprint density at radius 1 is 1.41 bits per heavy atom. The van der Waals surface area contributed by atoms with Crippen LogP contribution < -0.4 is 10.2 Å². The summed E-state index contributed by atoms with van der Waals surface area (Å²) < 4.78 is 6.18. The Balaban J connectivity index is 1.52. The second kappa shape index (κ2) is 9.16. The van der Waals surface area contributed by atoms with Gasteiger partial charge in [-0.25, -0.2) is 0 Å². The van der Waals surface area contributed by atoms with Gasteiger partial charge in [-0.15, -0.1) is 0 Å². The minimum Gasteiger partial charge on any atom is -0.506 e. The molecule has 1 aromatic carbocycles. The van der Waals surface area contributed by atoms with Gasteiger partial charge in [0.2, 0.25) is 5.91 Å². The van der Waals surface area contributed by atoms with E-state index in [4.69, 9.17) is 4.74 Å². The number of nitrogens with one attached hydrogen (secondary N) is 2. The molecule has 1 aliphatic rings. The van der Waals surface area contributed by atoms with Crippen LogP contribution in [0.5, 0.6) is 5.75 Å². The number of aromatic nitrogens is 1. The lowest BCUT2D eigenvalue weighted by molar-refractivity contribution is -0.130. The van der Waals surface area contributed by atoms with Crippen LogP contribution in [-0.2, 0) is 16.0 Å². The SMILES string of the molecule is C=CC(=O)N(CCNCCc1ccc(O)c2[nH]c(=O)sc12)C1CCOCC1. The normalized spacial score (nSPS) is 15.1. The van der Waals surface area contributed by atoms with Crippen LogP contribution in [0.2, 0.25) is 0 Å². The van der Waals surface area contributed by atoms with Crippen molar-refractivity contribution < 1.29 is 14.6 Å². The highest BCUT2D eigenvalue weighted by atomic mass is 32.1. The lowest BCUT2D eigenvalue weighted by Gasteiger charge is -2.33. The molecule has 1 aliphatic heterocycles. The number of benzene rings is 1. The number of H-pyrrole nitrogens is 1. The maximum atomic E-state index is 12.2. The van der Waals surface area contributed by atoms with Crippen molar-refractivity contribution in [1.29, 1.82) is 0 Å². The molecule has 2 aromatic rings. The predicted octanol–water partition coefficient (Wildman–Crippen LogP) is 1.62. The zero-order valence-electron chi connectivity index (χ0n) is 15.2. The zero-order valence-corrected chi connectivity index (χ0v) is 16.0. The van der Waals surface area contributed by atoms with E-state index < -0.39 is 0 Å². The van der Waals surface area contributed by atoms with Gasteiger partial charge in [0.1, 0.15) is 11.3 Å². The second-order valence-electron chi connectivity index (χ2n) is 6.54. The Morgan fingerprint density at radius 3 is 2.93 bits per heavy atom. The number of carbonyl (C=O) groups is 1. The van der Waals surface area contributed by atoms with E-state index in [1.54, 1.807) is 6.07 Å². The highest BCUT2D eigenvalue weighted by Gasteiger charge is 2.23. The van der Waals surface area contributed by atoms with Gasteiger partial charge in [-0.3, -0.25) is 9.59 Å². The largest absolute Gasteiger partial charge is 0.506 e. The van der Waals surface area contributed by atoms with E-state index >= 15 is 0 Å². The predicted molar refractivity (Wildman–Crippen MR) is 106 cm³/mol. The fourth-order valence-electron chi connectivity index (χ4n) is 3.40. The Hall–Kier alpha value is -2.16. The molecule has 0 saturated carbocycles. The van der Waals surface area contributed by atoms with Gasteiger partial charge in [0, 0.05) is 32.3 Å². The van der Waals surface area contributed by atoms with Gasteiger partial charge >= 0.3 is 4.87 Å². The molecule has 3 N–H and O–H groups in total. The van der Waals surface area contributed by atoms with Crippen molar-refractivity contribution in [3.63, 3.8) is 0 Å². The van der Waals surface area contributed by atoms with Crippen molar-refractivity contribution in [3.05, 3.63) is 40.0 Å². The van der Waals surface area contributed by atoms with Crippen LogP contribution in [0.25, 0.3) is 10.2 Å². The smallest absolute Gasteiger partial charge is 0.305 e. The number of fused-ring (bicyclic) bond motifs is 1. The molecule has 8 heteroatoms. The third kappa shape index (κ3) is 4.77. The zero-order chi connectivity index (χ0) is 19.2. The van der Waals surface area contributed by atoms with Crippen molar-refractivity contribution in [2.45, 2.75) is 25.3 Å². The average molecular weight is 391 g/mol. The number of amides is 1. The molecule has 146 valence electrons. The third-order valence-corrected chi connectivity index (χ3v) is 5.79. The number of aromatic hydroxyl groups is 1. The molecule has 0 bridgehead atoms. The summed E-state index contributed by atoms with van der Waals surface area (Å²) >= 11 is 1.11. The number of rotatable bonds is 8. The van der Waals surface area contributed by atoms with Crippen molar-refractivity contribution in [3.8, 4) is 5.75 Å². The molecule has 0 aliphatic carbocycles. The van der Waals surface area contributed by atoms with E-state index in [2.05, 4.69) is 16.9 Å². The first-order valence-corrected chi connectivity index (χ1v) is 9.97. The lowest BCUT2D eigenvalue weighted by Crippen LogP contribution is -2.45. The summed E-state index contributed by atoms with van der Waals surface area (Å²) in [7, 11) is 0. The number of hydrogen-bond donors (Lipinski definition) is 3. The first-order valence-electron chi connectivity index (χ1n) is 9.15. The Morgan fingerprint density at radius 2 is 2.19 bits per heavy atom. The quantitative estimate of drug-likeness (QED) is 0.470. The summed E-state index contributed by atoms with van der Waals surface area (Å²) in [6.07, 6.45) is 3.82. The van der Waals surface area contributed by atoms with E-state index in [0.717, 1.165) is 47.4 Å². The highest BCUT2D eigenvalue weighted by Crippen LogP contribution is 2.27. The fourth-order valence-corrected chi connectivity index (χ4v) is 4.30. The molecule has 2 heterocycles. The molecule has 1 amide bonds. The highest BCUT2D eigenvalue weighted by molar-refractivity contribution is 7.16. The number of aromatic amines is 1. The van der Waals surface area contributed by atoms with Crippen LogP contribution in [-0.4, -0.2) is 59.8 Å². The molecule has 1 fully saturated rings. The minimum absolute atomic E-state index is 0.0407. The van der Waals surface area contributed by atoms with Gasteiger partial charge in [-0.1, -0.05) is 24.0 Å². The molecule has 3 rings (SSSR count). The fraction of sp³-hybridized carbons (Fsp3) is 0.474. The molecular weight excluding hydrogens is 366 g/mol. The first kappa shape index (κ1) is 19.6. The van der Waals surface area contributed by atoms with E-state index in [-0.39, 0.29) is 22.6 Å². The summed E-state index contributed by atoms with van der Waals surface area (Å²) in [5, 5.41) is 13.2. The van der Waals surface area contributed by atoms with Gasteiger partial charge in [0.25, 0.3) is 0 Å². The number of carbonyl (C=O) groups excluding carboxylic acids is 1. The van der Waals surface area contributed by atoms with Crippen LogP contribution in [0.1, 0.15) is 18.4 Å². The molecule has 0 unspecified atom stereocenters. The van der Waals surface area contributed by atoms with Crippen LogP contribution >= 0.6 is 11.3 Å². The Bertz CT molecular complexity index is 854. The van der Waals surface area contributed by atoms with Crippen molar-refractivity contribution in [2.75, 3.05) is 32.8 Å². The van der Waals surface area contributed by atoms with Gasteiger partial charge in [-0.2, -0.15) is 0 Å². The Labute approximate surface area is 161 Å². The molecule has 1 aromatic heterocycles. The monoisotopic (exact) mass is 391 g/mol. The number of ether oxygens (including phenoxy) is 1. The molecule has 27 heavy (non-hydrogen) atoms. The maximum absolute atomic E-state index is 12.2. The van der Waals surface area contributed by atoms with E-state index in [0.29, 0.717) is 31.8 Å². The minimum atomic E-state index is -0.171. The molecule has 0 spiro atoms. The first-order chi connectivity index (χ1) is 13.1. The summed E-state index contributed by atoms with van der Waals surface area (Å²) in [5.74, 6) is 0.0520. The van der Waals surface area contributed by atoms with E-state index in [1.165, 1.54) is 6.08 Å². The molecule has 0 atom stereocenters. The lowest BCUT2D eigenvalue weighted by atomic mass is 10.1. The van der Waals surface area contributed by atoms with Crippen LogP contribution in [0.4, 0.5) is 0 Å². The molecule has 1 saturated heterocycles. The number of nitrogens with zero attached hydrogens (tertiary/aromatic N) is 1. The topological polar surface area (TPSA) is 94.7 Å². The van der Waals surface area contributed by atoms with Gasteiger partial charge in [-0.05, 0) is 43.5 Å². The van der Waals surface area contributed by atoms with Crippen molar-refractivity contribution in [1.82, 2.24) is 15.2 Å². The Kier molecular flexibility index (Phi) is 6.65. The number of thiazole rings is 1. The summed E-state index contributed by atoms with van der Waals surface area (Å²) in [6, 6.07) is 3.66. The summed E-state index contributed by atoms with van der Waals surface area (Å²) in [5.41, 5.74) is 1.52. The average Bonchev–Trinajstić information content (AvgIpc) is 3.09. The van der Waals surface area contributed by atoms with Crippen LogP contribution in [0.15, 0.2) is 29.6 Å². The number of hydrogen-bond acceptors (Lipinski definition) is 6. The van der Waals surface area contributed by atoms with Gasteiger partial charge in [0.15, 0.2) is 0 Å². The number of phenolic OH excluding ortho intramolecular Hbond substituents is 1. The third-order valence-electron chi connectivity index (χ3n) is 4.83. The summed E-state index contributed by atoms with van der Waals surface area (Å²) in [4.78, 5) is 28.1.